The minimum Gasteiger partial charge on any atom is -0.390 e. The maximum absolute atomic E-state index is 6.90. The van der Waals surface area contributed by atoms with Crippen molar-refractivity contribution in [2.24, 2.45) is 0 Å². The average molecular weight is 515 g/mol. The van der Waals surface area contributed by atoms with Gasteiger partial charge in [-0.15, -0.1) is 0 Å². The SMILES string of the molecule is Cc1ccccc1Op1oc2c(C(C)C)cc3c(c2c2c4c(cc(C(C)C)c2o1)CCCC4)CCCC3. The molecule has 0 aliphatic heterocycles. The van der Waals surface area contributed by atoms with Gasteiger partial charge in [0.25, 0.3) is 0 Å². The number of hydrogen-bond donors (Lipinski definition) is 0. The zero-order valence-electron chi connectivity index (χ0n) is 22.9. The largest absolute Gasteiger partial charge is 0.453 e. The van der Waals surface area contributed by atoms with Gasteiger partial charge in [-0.2, -0.15) is 0 Å². The molecule has 194 valence electrons. The van der Waals surface area contributed by atoms with Crippen molar-refractivity contribution in [1.29, 1.82) is 0 Å². The lowest BCUT2D eigenvalue weighted by Crippen LogP contribution is -2.09. The van der Waals surface area contributed by atoms with Crippen LogP contribution in [0.2, 0.25) is 0 Å². The zero-order chi connectivity index (χ0) is 25.7. The van der Waals surface area contributed by atoms with Crippen LogP contribution in [0.5, 0.6) is 5.75 Å². The molecule has 0 amide bonds. The molecule has 0 N–H and O–H groups in total. The van der Waals surface area contributed by atoms with Crippen molar-refractivity contribution in [3.8, 4) is 5.75 Å². The van der Waals surface area contributed by atoms with E-state index in [1.807, 2.05) is 18.2 Å². The Morgan fingerprint density at radius 3 is 1.68 bits per heavy atom. The van der Waals surface area contributed by atoms with Gasteiger partial charge in [0.05, 0.1) is 0 Å². The number of benzene rings is 3. The summed E-state index contributed by atoms with van der Waals surface area (Å²) in [7, 11) is -1.67. The summed E-state index contributed by atoms with van der Waals surface area (Å²) < 4.78 is 20.4. The first-order chi connectivity index (χ1) is 17.9. The van der Waals surface area contributed by atoms with Crippen molar-refractivity contribution in [3.05, 3.63) is 75.3 Å². The van der Waals surface area contributed by atoms with Gasteiger partial charge in [-0.1, -0.05) is 58.0 Å². The Labute approximate surface area is 221 Å². The van der Waals surface area contributed by atoms with E-state index in [0.29, 0.717) is 11.8 Å². The Bertz CT molecular complexity index is 1440. The molecule has 0 spiro atoms. The van der Waals surface area contributed by atoms with E-state index in [2.05, 4.69) is 52.8 Å². The van der Waals surface area contributed by atoms with Gasteiger partial charge >= 0.3 is 8.24 Å². The lowest BCUT2D eigenvalue weighted by Gasteiger charge is -2.24. The average Bonchev–Trinajstić information content (AvgIpc) is 3.06. The third-order valence-electron chi connectivity index (χ3n) is 8.35. The van der Waals surface area contributed by atoms with Gasteiger partial charge in [0.1, 0.15) is 16.9 Å². The maximum Gasteiger partial charge on any atom is 0.453 e. The van der Waals surface area contributed by atoms with E-state index in [-0.39, 0.29) is 0 Å². The third kappa shape index (κ3) is 4.40. The van der Waals surface area contributed by atoms with Crippen LogP contribution in [0, 0.1) is 6.92 Å². The topological polar surface area (TPSA) is 35.5 Å². The lowest BCUT2D eigenvalue weighted by atomic mass is 9.80. The van der Waals surface area contributed by atoms with Crippen LogP contribution in [-0.4, -0.2) is 0 Å². The fourth-order valence-electron chi connectivity index (χ4n) is 6.34. The number of aryl methyl sites for hydroxylation is 5. The van der Waals surface area contributed by atoms with Gasteiger partial charge in [0.2, 0.25) is 0 Å². The Kier molecular flexibility index (Phi) is 6.61. The van der Waals surface area contributed by atoms with E-state index < -0.39 is 8.24 Å². The first-order valence-electron chi connectivity index (χ1n) is 14.2. The van der Waals surface area contributed by atoms with Crippen LogP contribution in [0.3, 0.4) is 0 Å². The molecule has 0 unspecified atom stereocenters. The fourth-order valence-corrected chi connectivity index (χ4v) is 7.51. The van der Waals surface area contributed by atoms with E-state index in [9.17, 15) is 0 Å². The Morgan fingerprint density at radius 1 is 0.703 bits per heavy atom. The van der Waals surface area contributed by atoms with Crippen LogP contribution in [0.15, 0.2) is 44.8 Å². The van der Waals surface area contributed by atoms with E-state index in [1.54, 1.807) is 0 Å². The molecule has 0 atom stereocenters. The summed E-state index contributed by atoms with van der Waals surface area (Å²) in [6, 6.07) is 13.0. The molecular weight excluding hydrogens is 475 g/mol. The third-order valence-corrected chi connectivity index (χ3v) is 9.36. The predicted octanol–water partition coefficient (Wildman–Crippen LogP) is 10.4. The molecule has 0 saturated heterocycles. The van der Waals surface area contributed by atoms with Crippen molar-refractivity contribution in [2.75, 3.05) is 0 Å². The molecule has 4 aromatic rings. The van der Waals surface area contributed by atoms with Crippen molar-refractivity contribution < 1.29 is 12.9 Å². The quantitative estimate of drug-likeness (QED) is 0.272. The summed E-state index contributed by atoms with van der Waals surface area (Å²) in [6.07, 6.45) is 9.51. The normalized spacial score (nSPS) is 15.3. The predicted molar refractivity (Wildman–Crippen MR) is 155 cm³/mol. The molecule has 4 heteroatoms. The summed E-state index contributed by atoms with van der Waals surface area (Å²) in [5.41, 5.74) is 11.6. The van der Waals surface area contributed by atoms with E-state index in [0.717, 1.165) is 48.2 Å². The number of rotatable bonds is 4. The lowest BCUT2D eigenvalue weighted by molar-refractivity contribution is 0.493. The molecule has 3 nitrogen and oxygen atoms in total. The first kappa shape index (κ1) is 24.7. The van der Waals surface area contributed by atoms with Gasteiger partial charge in [-0.25, -0.2) is 0 Å². The summed E-state index contributed by atoms with van der Waals surface area (Å²) in [6.45, 7) is 11.2. The second-order valence-corrected chi connectivity index (χ2v) is 12.6. The van der Waals surface area contributed by atoms with Crippen molar-refractivity contribution in [2.45, 2.75) is 97.8 Å². The zero-order valence-corrected chi connectivity index (χ0v) is 23.8. The molecular formula is C33H39O3P. The smallest absolute Gasteiger partial charge is 0.390 e. The minimum absolute atomic E-state index is 0.349. The second kappa shape index (κ2) is 9.91. The molecule has 1 heterocycles. The number of fused-ring (bicyclic) bond motifs is 7. The molecule has 2 aliphatic rings. The van der Waals surface area contributed by atoms with Crippen LogP contribution in [0.25, 0.3) is 21.9 Å². The molecule has 0 saturated carbocycles. The highest BCUT2D eigenvalue weighted by molar-refractivity contribution is 7.32. The Morgan fingerprint density at radius 2 is 1.19 bits per heavy atom. The molecule has 0 radical (unpaired) electrons. The number of para-hydroxylation sites is 1. The standard InChI is InChI=1S/C33H39O3P/c1-20(2)27-18-23-13-7-9-15-25(23)30-31-26-16-10-8-14-24(26)19-28(21(3)4)33(31)36-37(35-32(27)30)34-29-17-11-6-12-22(29)5/h6,11-12,17-21H,7-10,13-16H2,1-5H3. The van der Waals surface area contributed by atoms with Crippen LogP contribution in [0.4, 0.5) is 0 Å². The molecule has 3 aromatic carbocycles. The Balaban J connectivity index is 1.82. The van der Waals surface area contributed by atoms with Gasteiger partial charge in [-0.3, -0.25) is 0 Å². The summed E-state index contributed by atoms with van der Waals surface area (Å²) in [4.78, 5) is 0. The minimum atomic E-state index is -1.67. The van der Waals surface area contributed by atoms with E-state index in [1.165, 1.54) is 69.8 Å². The van der Waals surface area contributed by atoms with E-state index >= 15 is 0 Å². The van der Waals surface area contributed by atoms with Crippen LogP contribution in [-0.2, 0) is 25.7 Å². The summed E-state index contributed by atoms with van der Waals surface area (Å²) >= 11 is 0. The highest BCUT2D eigenvalue weighted by Gasteiger charge is 2.27. The molecule has 6 rings (SSSR count). The van der Waals surface area contributed by atoms with Crippen molar-refractivity contribution >= 4 is 30.2 Å². The van der Waals surface area contributed by atoms with Crippen LogP contribution < -0.4 is 4.52 Å². The Hall–Kier alpha value is -2.64. The second-order valence-electron chi connectivity index (χ2n) is 11.6. The molecule has 0 bridgehead atoms. The molecule has 2 aliphatic carbocycles. The summed E-state index contributed by atoms with van der Waals surface area (Å²) in [5.74, 6) is 1.52. The van der Waals surface area contributed by atoms with Gasteiger partial charge in [0, 0.05) is 10.8 Å². The van der Waals surface area contributed by atoms with Crippen LogP contribution in [0.1, 0.15) is 104 Å². The molecule has 0 fully saturated rings. The molecule has 1 aromatic heterocycles. The van der Waals surface area contributed by atoms with Crippen molar-refractivity contribution in [3.63, 3.8) is 0 Å². The number of hydrogen-bond acceptors (Lipinski definition) is 3. The maximum atomic E-state index is 6.90. The summed E-state index contributed by atoms with van der Waals surface area (Å²) in [5, 5.41) is 2.63. The fraction of sp³-hybridized carbons (Fsp3) is 0.455. The van der Waals surface area contributed by atoms with Crippen LogP contribution >= 0.6 is 8.24 Å². The van der Waals surface area contributed by atoms with Gasteiger partial charge in [0.15, 0.2) is 0 Å². The first-order valence-corrected chi connectivity index (χ1v) is 15.3. The highest BCUT2D eigenvalue weighted by atomic mass is 31.1. The van der Waals surface area contributed by atoms with Gasteiger partial charge < -0.3 is 12.9 Å². The highest BCUT2D eigenvalue weighted by Crippen LogP contribution is 2.47. The van der Waals surface area contributed by atoms with E-state index in [4.69, 9.17) is 12.9 Å². The van der Waals surface area contributed by atoms with Crippen molar-refractivity contribution in [1.82, 2.24) is 0 Å². The molecule has 37 heavy (non-hydrogen) atoms. The van der Waals surface area contributed by atoms with Gasteiger partial charge in [-0.05, 0) is 115 Å². The monoisotopic (exact) mass is 514 g/mol.